The molecular weight excluding hydrogens is 414 g/mol. The van der Waals surface area contributed by atoms with Crippen molar-refractivity contribution in [3.05, 3.63) is 75.4 Å². The van der Waals surface area contributed by atoms with Crippen molar-refractivity contribution in [3.63, 3.8) is 0 Å². The molecule has 3 heterocycles. The highest BCUT2D eigenvalue weighted by Crippen LogP contribution is 2.26. The normalized spacial score (nSPS) is 16.2. The van der Waals surface area contributed by atoms with Gasteiger partial charge in [-0.05, 0) is 48.1 Å². The maximum Gasteiger partial charge on any atom is 0.337 e. The second-order valence-electron chi connectivity index (χ2n) is 7.88. The van der Waals surface area contributed by atoms with Gasteiger partial charge in [-0.25, -0.2) is 9.48 Å². The van der Waals surface area contributed by atoms with Gasteiger partial charge in [0.15, 0.2) is 0 Å². The molecule has 0 radical (unpaired) electrons. The van der Waals surface area contributed by atoms with Gasteiger partial charge in [0.05, 0.1) is 29.7 Å². The monoisotopic (exact) mass is 439 g/mol. The lowest BCUT2D eigenvalue weighted by Gasteiger charge is -2.38. The molecule has 31 heavy (non-hydrogen) atoms. The highest BCUT2D eigenvalue weighted by Gasteiger charge is 2.33. The summed E-state index contributed by atoms with van der Waals surface area (Å²) >= 11 is 1.57. The first-order valence-corrected chi connectivity index (χ1v) is 11.1. The Kier molecular flexibility index (Phi) is 6.31. The third-order valence-electron chi connectivity index (χ3n) is 5.65. The number of nitrogens with zero attached hydrogens (tertiary/aromatic N) is 3. The van der Waals surface area contributed by atoms with Crippen LogP contribution in [0.2, 0.25) is 0 Å². The van der Waals surface area contributed by atoms with Crippen molar-refractivity contribution < 1.29 is 14.6 Å². The maximum atomic E-state index is 12.3. The summed E-state index contributed by atoms with van der Waals surface area (Å²) in [6, 6.07) is 14.5. The van der Waals surface area contributed by atoms with E-state index in [1.165, 1.54) is 17.9 Å². The minimum absolute atomic E-state index is 0.187. The molecule has 0 saturated carbocycles. The predicted octanol–water partition coefficient (Wildman–Crippen LogP) is 2.79. The fraction of sp³-hybridized carbons (Fsp3) is 0.348. The highest BCUT2D eigenvalue weighted by atomic mass is 32.1. The van der Waals surface area contributed by atoms with E-state index in [2.05, 4.69) is 10.00 Å². The molecular formula is C23H25N3O4S. The van der Waals surface area contributed by atoms with Crippen LogP contribution >= 0.6 is 11.3 Å². The third-order valence-corrected chi connectivity index (χ3v) is 6.54. The summed E-state index contributed by atoms with van der Waals surface area (Å²) in [6.45, 7) is 2.36. The van der Waals surface area contributed by atoms with Gasteiger partial charge in [0.25, 0.3) is 5.56 Å². The molecule has 0 amide bonds. The number of benzene rings is 1. The van der Waals surface area contributed by atoms with Gasteiger partial charge < -0.3 is 9.84 Å². The van der Waals surface area contributed by atoms with Gasteiger partial charge in [-0.3, -0.25) is 9.69 Å². The van der Waals surface area contributed by atoms with E-state index in [1.54, 1.807) is 29.5 Å². The van der Waals surface area contributed by atoms with Gasteiger partial charge in [0.1, 0.15) is 5.69 Å². The number of esters is 1. The summed E-state index contributed by atoms with van der Waals surface area (Å²) in [5.41, 5.74) is 1.20. The minimum atomic E-state index is -0.962. The molecule has 1 aromatic carbocycles. The first-order chi connectivity index (χ1) is 15.0. The van der Waals surface area contributed by atoms with Crippen LogP contribution in [0.3, 0.4) is 0 Å². The van der Waals surface area contributed by atoms with Crippen LogP contribution in [0, 0.1) is 0 Å². The Bertz CT molecular complexity index is 1080. The predicted molar refractivity (Wildman–Crippen MR) is 119 cm³/mol. The summed E-state index contributed by atoms with van der Waals surface area (Å²) < 4.78 is 6.11. The molecule has 2 aromatic heterocycles. The van der Waals surface area contributed by atoms with E-state index in [0.29, 0.717) is 31.5 Å². The number of hydrogen-bond acceptors (Lipinski definition) is 7. The molecule has 0 spiro atoms. The molecule has 1 aliphatic rings. The number of aromatic nitrogens is 2. The molecule has 1 N–H and O–H groups in total. The van der Waals surface area contributed by atoms with E-state index < -0.39 is 5.60 Å². The van der Waals surface area contributed by atoms with Crippen LogP contribution in [0.25, 0.3) is 10.6 Å². The lowest BCUT2D eigenvalue weighted by Crippen LogP contribution is -2.48. The molecule has 1 saturated heterocycles. The molecule has 162 valence electrons. The fourth-order valence-corrected chi connectivity index (χ4v) is 4.49. The highest BCUT2D eigenvalue weighted by molar-refractivity contribution is 7.13. The molecule has 1 aliphatic heterocycles. The lowest BCUT2D eigenvalue weighted by molar-refractivity contribution is -0.0389. The van der Waals surface area contributed by atoms with E-state index in [0.717, 1.165) is 22.7 Å². The van der Waals surface area contributed by atoms with Crippen molar-refractivity contribution in [1.82, 2.24) is 14.7 Å². The Labute approximate surface area is 184 Å². The molecule has 4 rings (SSSR count). The van der Waals surface area contributed by atoms with Crippen molar-refractivity contribution in [2.24, 2.45) is 0 Å². The molecule has 8 heteroatoms. The van der Waals surface area contributed by atoms with Crippen molar-refractivity contribution in [2.45, 2.75) is 31.5 Å². The number of methoxy groups -OCH3 is 1. The molecule has 1 fully saturated rings. The van der Waals surface area contributed by atoms with Gasteiger partial charge >= 0.3 is 5.97 Å². The van der Waals surface area contributed by atoms with Gasteiger partial charge in [0.2, 0.25) is 0 Å². The number of likely N-dealkylation sites (tertiary alicyclic amines) is 1. The number of rotatable bonds is 6. The average molecular weight is 440 g/mol. The number of hydrogen-bond donors (Lipinski definition) is 1. The first-order valence-electron chi connectivity index (χ1n) is 10.2. The number of carbonyl (C=O) groups excluding carboxylic acids is 1. The fourth-order valence-electron chi connectivity index (χ4n) is 3.80. The summed E-state index contributed by atoms with van der Waals surface area (Å²) in [5.74, 6) is -0.346. The van der Waals surface area contributed by atoms with E-state index in [1.807, 2.05) is 29.6 Å². The average Bonchev–Trinajstić information content (AvgIpc) is 3.32. The summed E-state index contributed by atoms with van der Waals surface area (Å²) in [4.78, 5) is 27.1. The number of piperidine rings is 1. The zero-order valence-corrected chi connectivity index (χ0v) is 18.2. The Hall–Kier alpha value is -2.81. The third kappa shape index (κ3) is 5.10. The maximum absolute atomic E-state index is 12.3. The number of carbonyl (C=O) groups is 1. The number of thiophene rings is 1. The summed E-state index contributed by atoms with van der Waals surface area (Å²) in [5, 5.41) is 17.5. The van der Waals surface area contributed by atoms with Gasteiger partial charge in [0, 0.05) is 25.7 Å². The molecule has 7 nitrogen and oxygen atoms in total. The Morgan fingerprint density at radius 3 is 2.55 bits per heavy atom. The lowest BCUT2D eigenvalue weighted by atomic mass is 9.91. The topological polar surface area (TPSA) is 84.7 Å². The van der Waals surface area contributed by atoms with Crippen molar-refractivity contribution >= 4 is 17.3 Å². The summed E-state index contributed by atoms with van der Waals surface area (Å²) in [6.07, 6.45) is 1.12. The smallest absolute Gasteiger partial charge is 0.337 e. The second-order valence-corrected chi connectivity index (χ2v) is 8.83. The quantitative estimate of drug-likeness (QED) is 0.595. The molecule has 3 aromatic rings. The van der Waals surface area contributed by atoms with Gasteiger partial charge in [-0.1, -0.05) is 18.2 Å². The van der Waals surface area contributed by atoms with Crippen LogP contribution < -0.4 is 5.56 Å². The first kappa shape index (κ1) is 21.4. The van der Waals surface area contributed by atoms with E-state index in [-0.39, 0.29) is 18.1 Å². The van der Waals surface area contributed by atoms with E-state index in [9.17, 15) is 14.7 Å². The number of aliphatic hydroxyl groups is 1. The molecule has 0 bridgehead atoms. The van der Waals surface area contributed by atoms with Crippen LogP contribution in [0.1, 0.15) is 28.8 Å². The molecule has 0 unspecified atom stereocenters. The molecule has 0 atom stereocenters. The van der Waals surface area contributed by atoms with Crippen LogP contribution in [-0.2, 0) is 17.8 Å². The van der Waals surface area contributed by atoms with Crippen molar-refractivity contribution in [2.75, 3.05) is 20.2 Å². The Morgan fingerprint density at radius 2 is 1.90 bits per heavy atom. The van der Waals surface area contributed by atoms with Crippen LogP contribution in [0.15, 0.2) is 58.7 Å². The number of ether oxygens (including phenoxy) is 1. The SMILES string of the molecule is COC(=O)c1ccc(CN2CCC(O)(Cn3nc(-c4cccs4)ccc3=O)CC2)cc1. The zero-order valence-electron chi connectivity index (χ0n) is 17.4. The van der Waals surface area contributed by atoms with Crippen molar-refractivity contribution in [1.29, 1.82) is 0 Å². The largest absolute Gasteiger partial charge is 0.465 e. The van der Waals surface area contributed by atoms with E-state index >= 15 is 0 Å². The second kappa shape index (κ2) is 9.13. The minimum Gasteiger partial charge on any atom is -0.465 e. The standard InChI is InChI=1S/C23H25N3O4S/c1-30-22(28)18-6-4-17(5-7-18)15-25-12-10-23(29,11-13-25)16-26-21(27)9-8-19(24-26)20-3-2-14-31-20/h2-9,14,29H,10-13,15-16H2,1H3. The van der Waals surface area contributed by atoms with Crippen LogP contribution in [0.4, 0.5) is 0 Å². The zero-order chi connectivity index (χ0) is 21.8. The van der Waals surface area contributed by atoms with Crippen LogP contribution in [-0.4, -0.2) is 51.6 Å². The Morgan fingerprint density at radius 1 is 1.16 bits per heavy atom. The Balaban J connectivity index is 1.37. The van der Waals surface area contributed by atoms with E-state index in [4.69, 9.17) is 4.74 Å². The van der Waals surface area contributed by atoms with Gasteiger partial charge in [-0.2, -0.15) is 5.10 Å². The summed E-state index contributed by atoms with van der Waals surface area (Å²) in [7, 11) is 1.37. The van der Waals surface area contributed by atoms with Crippen LogP contribution in [0.5, 0.6) is 0 Å². The van der Waals surface area contributed by atoms with Crippen molar-refractivity contribution in [3.8, 4) is 10.6 Å². The molecule has 0 aliphatic carbocycles. The van der Waals surface area contributed by atoms with Gasteiger partial charge in [-0.15, -0.1) is 11.3 Å².